The molecule has 0 aromatic carbocycles. The number of ether oxygens (including phenoxy) is 1. The fourth-order valence-electron chi connectivity index (χ4n) is 1.35. The quantitative estimate of drug-likeness (QED) is 0.818. The zero-order valence-electron chi connectivity index (χ0n) is 9.59. The lowest BCUT2D eigenvalue weighted by atomic mass is 10.3. The third-order valence-electron chi connectivity index (χ3n) is 2.09. The summed E-state index contributed by atoms with van der Waals surface area (Å²) in [6.07, 6.45) is 1.61. The Hall–Kier alpha value is -1.79. The van der Waals surface area contributed by atoms with E-state index >= 15 is 0 Å². The molecule has 0 N–H and O–H groups in total. The highest BCUT2D eigenvalue weighted by molar-refractivity contribution is 6.32. The number of methoxy groups -OCH3 is 1. The number of Topliss-reactive ketones (excluding diaryl/α,β-unsaturated/α-hetero) is 1. The van der Waals surface area contributed by atoms with Gasteiger partial charge < -0.3 is 9.26 Å². The van der Waals surface area contributed by atoms with Crippen LogP contribution in [0.25, 0.3) is 11.5 Å². The van der Waals surface area contributed by atoms with Crippen molar-refractivity contribution >= 4 is 17.4 Å². The minimum atomic E-state index is -0.139. The van der Waals surface area contributed by atoms with Gasteiger partial charge in [0.25, 0.3) is 0 Å². The summed E-state index contributed by atoms with van der Waals surface area (Å²) >= 11 is 5.95. The SMILES string of the molecule is COCC(=O)Cc1nc(-c2ncccc2Cl)no1. The molecule has 94 valence electrons. The highest BCUT2D eigenvalue weighted by Gasteiger charge is 2.15. The van der Waals surface area contributed by atoms with Gasteiger partial charge in [-0.3, -0.25) is 9.78 Å². The number of halogens is 1. The van der Waals surface area contributed by atoms with E-state index in [0.29, 0.717) is 10.7 Å². The first-order chi connectivity index (χ1) is 8.70. The van der Waals surface area contributed by atoms with Gasteiger partial charge in [-0.25, -0.2) is 0 Å². The van der Waals surface area contributed by atoms with Crippen LogP contribution in [-0.2, 0) is 16.0 Å². The molecule has 0 saturated carbocycles. The van der Waals surface area contributed by atoms with Crippen molar-refractivity contribution in [2.45, 2.75) is 6.42 Å². The zero-order chi connectivity index (χ0) is 13.0. The maximum absolute atomic E-state index is 11.3. The highest BCUT2D eigenvalue weighted by atomic mass is 35.5. The molecule has 0 atom stereocenters. The number of carbonyl (C=O) groups excluding carboxylic acids is 1. The van der Waals surface area contributed by atoms with E-state index in [2.05, 4.69) is 15.1 Å². The van der Waals surface area contributed by atoms with Crippen molar-refractivity contribution in [1.29, 1.82) is 0 Å². The van der Waals surface area contributed by atoms with Crippen molar-refractivity contribution in [3.8, 4) is 11.5 Å². The molecular weight excluding hydrogens is 258 g/mol. The monoisotopic (exact) mass is 267 g/mol. The van der Waals surface area contributed by atoms with E-state index in [0.717, 1.165) is 0 Å². The molecule has 2 aromatic rings. The molecule has 0 aliphatic carbocycles. The van der Waals surface area contributed by atoms with Gasteiger partial charge in [0.2, 0.25) is 11.7 Å². The first kappa shape index (κ1) is 12.7. The first-order valence-electron chi connectivity index (χ1n) is 5.15. The van der Waals surface area contributed by atoms with Gasteiger partial charge in [-0.1, -0.05) is 16.8 Å². The van der Waals surface area contributed by atoms with Gasteiger partial charge in [0.15, 0.2) is 5.78 Å². The van der Waals surface area contributed by atoms with Crippen LogP contribution in [0.1, 0.15) is 5.89 Å². The summed E-state index contributed by atoms with van der Waals surface area (Å²) in [6.45, 7) is 0.0159. The van der Waals surface area contributed by atoms with Gasteiger partial charge in [0, 0.05) is 13.3 Å². The summed E-state index contributed by atoms with van der Waals surface area (Å²) in [5, 5.41) is 4.16. The molecule has 0 radical (unpaired) electrons. The van der Waals surface area contributed by atoms with Crippen LogP contribution in [-0.4, -0.2) is 34.6 Å². The molecule has 0 bridgehead atoms. The molecule has 0 aliphatic heterocycles. The molecule has 7 heteroatoms. The minimum absolute atomic E-state index is 0.0159. The molecule has 2 heterocycles. The zero-order valence-corrected chi connectivity index (χ0v) is 10.3. The number of rotatable bonds is 5. The number of hydrogen-bond acceptors (Lipinski definition) is 6. The van der Waals surface area contributed by atoms with Crippen LogP contribution >= 0.6 is 11.6 Å². The van der Waals surface area contributed by atoms with Gasteiger partial charge >= 0.3 is 0 Å². The number of pyridine rings is 1. The lowest BCUT2D eigenvalue weighted by Crippen LogP contribution is -2.09. The number of aromatic nitrogens is 3. The highest BCUT2D eigenvalue weighted by Crippen LogP contribution is 2.22. The van der Waals surface area contributed by atoms with E-state index < -0.39 is 0 Å². The van der Waals surface area contributed by atoms with Crippen LogP contribution in [0.4, 0.5) is 0 Å². The Kier molecular flexibility index (Phi) is 4.01. The Morgan fingerprint density at radius 1 is 1.56 bits per heavy atom. The molecule has 0 saturated heterocycles. The topological polar surface area (TPSA) is 78.1 Å². The molecule has 0 spiro atoms. The van der Waals surface area contributed by atoms with Crippen LogP contribution in [0.5, 0.6) is 0 Å². The summed E-state index contributed by atoms with van der Waals surface area (Å²) in [4.78, 5) is 19.4. The normalized spacial score (nSPS) is 10.6. The second kappa shape index (κ2) is 5.70. The average Bonchev–Trinajstić information content (AvgIpc) is 2.78. The molecule has 0 amide bonds. The van der Waals surface area contributed by atoms with Gasteiger partial charge in [-0.2, -0.15) is 4.98 Å². The standard InChI is InChI=1S/C11H10ClN3O3/c1-17-6-7(16)5-9-14-11(15-18-9)10-8(12)3-2-4-13-10/h2-4H,5-6H2,1H3. The Balaban J connectivity index is 2.16. The Labute approximate surface area is 108 Å². The van der Waals surface area contributed by atoms with Crippen molar-refractivity contribution in [3.63, 3.8) is 0 Å². The molecule has 18 heavy (non-hydrogen) atoms. The third kappa shape index (κ3) is 2.91. The maximum Gasteiger partial charge on any atom is 0.234 e. The van der Waals surface area contributed by atoms with Crippen LogP contribution in [0.15, 0.2) is 22.9 Å². The van der Waals surface area contributed by atoms with Crippen LogP contribution < -0.4 is 0 Å². The predicted octanol–water partition coefficient (Wildman–Crippen LogP) is 1.54. The molecule has 0 aliphatic rings. The summed E-state index contributed by atoms with van der Waals surface area (Å²) in [6, 6.07) is 3.38. The number of ketones is 1. The fourth-order valence-corrected chi connectivity index (χ4v) is 1.56. The summed E-state index contributed by atoms with van der Waals surface area (Å²) in [7, 11) is 1.45. The van der Waals surface area contributed by atoms with Crippen molar-refractivity contribution in [2.75, 3.05) is 13.7 Å². The van der Waals surface area contributed by atoms with Crippen LogP contribution in [0.2, 0.25) is 5.02 Å². The maximum atomic E-state index is 11.3. The predicted molar refractivity (Wildman–Crippen MR) is 63.1 cm³/mol. The molecule has 6 nitrogen and oxygen atoms in total. The summed E-state index contributed by atoms with van der Waals surface area (Å²) < 4.78 is 9.67. The lowest BCUT2D eigenvalue weighted by molar-refractivity contribution is -0.122. The Bertz CT molecular complexity index is 556. The second-order valence-corrected chi connectivity index (χ2v) is 3.90. The third-order valence-corrected chi connectivity index (χ3v) is 2.40. The van der Waals surface area contributed by atoms with Crippen molar-refractivity contribution < 1.29 is 14.1 Å². The van der Waals surface area contributed by atoms with Gasteiger partial charge in [0.05, 0.1) is 11.4 Å². The smallest absolute Gasteiger partial charge is 0.234 e. The van der Waals surface area contributed by atoms with Gasteiger partial charge in [-0.15, -0.1) is 0 Å². The van der Waals surface area contributed by atoms with Crippen molar-refractivity contribution in [2.24, 2.45) is 0 Å². The van der Waals surface area contributed by atoms with E-state index in [1.165, 1.54) is 7.11 Å². The average molecular weight is 268 g/mol. The number of nitrogens with zero attached hydrogens (tertiary/aromatic N) is 3. The van der Waals surface area contributed by atoms with E-state index in [-0.39, 0.29) is 30.5 Å². The van der Waals surface area contributed by atoms with Gasteiger partial charge in [-0.05, 0) is 12.1 Å². The fraction of sp³-hybridized carbons (Fsp3) is 0.273. The molecular formula is C11H10ClN3O3. The number of hydrogen-bond donors (Lipinski definition) is 0. The Morgan fingerprint density at radius 3 is 3.11 bits per heavy atom. The summed E-state index contributed by atoms with van der Waals surface area (Å²) in [5.41, 5.74) is 0.424. The van der Waals surface area contributed by atoms with Crippen molar-refractivity contribution in [3.05, 3.63) is 29.2 Å². The molecule has 0 fully saturated rings. The first-order valence-corrected chi connectivity index (χ1v) is 5.52. The second-order valence-electron chi connectivity index (χ2n) is 3.49. The minimum Gasteiger partial charge on any atom is -0.377 e. The molecule has 2 aromatic heterocycles. The largest absolute Gasteiger partial charge is 0.377 e. The lowest BCUT2D eigenvalue weighted by Gasteiger charge is -1.95. The van der Waals surface area contributed by atoms with E-state index in [4.69, 9.17) is 20.9 Å². The van der Waals surface area contributed by atoms with Crippen LogP contribution in [0.3, 0.4) is 0 Å². The summed E-state index contributed by atoms with van der Waals surface area (Å²) in [5.74, 6) is 0.342. The van der Waals surface area contributed by atoms with Gasteiger partial charge in [0.1, 0.15) is 12.3 Å². The van der Waals surface area contributed by atoms with E-state index in [1.54, 1.807) is 18.3 Å². The van der Waals surface area contributed by atoms with Crippen LogP contribution in [0, 0.1) is 0 Å². The molecule has 2 rings (SSSR count). The van der Waals surface area contributed by atoms with Crippen molar-refractivity contribution in [1.82, 2.24) is 15.1 Å². The molecule has 0 unspecified atom stereocenters. The van der Waals surface area contributed by atoms with E-state index in [9.17, 15) is 4.79 Å². The van der Waals surface area contributed by atoms with E-state index in [1.807, 2.05) is 0 Å². The Morgan fingerprint density at radius 2 is 2.39 bits per heavy atom. The number of carbonyl (C=O) groups is 1.